The molecule has 1 heterocycles. The van der Waals surface area contributed by atoms with Crippen LogP contribution in [-0.2, 0) is 14.8 Å². The molecule has 4 rings (SSSR count). The second-order valence-corrected chi connectivity index (χ2v) is 11.4. The highest BCUT2D eigenvalue weighted by molar-refractivity contribution is 7.89. The predicted molar refractivity (Wildman–Crippen MR) is 149 cm³/mol. The summed E-state index contributed by atoms with van der Waals surface area (Å²) in [5, 5.41) is 3.24. The van der Waals surface area contributed by atoms with E-state index in [2.05, 4.69) is 10.3 Å². The number of carbonyl (C=O) groups excluding carboxylic acids is 1. The van der Waals surface area contributed by atoms with Crippen molar-refractivity contribution in [1.29, 1.82) is 0 Å². The quantitative estimate of drug-likeness (QED) is 0.294. The van der Waals surface area contributed by atoms with Gasteiger partial charge in [0.2, 0.25) is 21.9 Å². The molecular formula is C28H29ClN4O4S. The van der Waals surface area contributed by atoms with E-state index in [0.717, 1.165) is 26.9 Å². The lowest BCUT2D eigenvalue weighted by Gasteiger charge is -2.25. The Hall–Kier alpha value is -3.66. The van der Waals surface area contributed by atoms with Crippen molar-refractivity contribution in [3.63, 3.8) is 0 Å². The zero-order valence-corrected chi connectivity index (χ0v) is 23.1. The lowest BCUT2D eigenvalue weighted by Crippen LogP contribution is -2.42. The van der Waals surface area contributed by atoms with Crippen molar-refractivity contribution in [2.45, 2.75) is 31.7 Å². The molecule has 3 aromatic carbocycles. The maximum absolute atomic E-state index is 13.3. The predicted octanol–water partition coefficient (Wildman–Crippen LogP) is 5.55. The highest BCUT2D eigenvalue weighted by atomic mass is 35.5. The Morgan fingerprint density at radius 3 is 2.24 bits per heavy atom. The first-order chi connectivity index (χ1) is 18.1. The van der Waals surface area contributed by atoms with Crippen LogP contribution in [-0.4, -0.2) is 47.9 Å². The number of carbonyl (C=O) groups is 1. The lowest BCUT2D eigenvalue weighted by molar-refractivity contribution is -0.116. The maximum Gasteiger partial charge on any atom is 0.243 e. The van der Waals surface area contributed by atoms with E-state index in [1.807, 2.05) is 61.7 Å². The summed E-state index contributed by atoms with van der Waals surface area (Å²) >= 11 is 5.93. The monoisotopic (exact) mass is 552 g/mol. The number of aromatic nitrogens is 2. The van der Waals surface area contributed by atoms with Crippen molar-refractivity contribution >= 4 is 33.5 Å². The topological polar surface area (TPSA) is 93.5 Å². The van der Waals surface area contributed by atoms with E-state index in [4.69, 9.17) is 16.3 Å². The molecule has 0 radical (unpaired) electrons. The lowest BCUT2D eigenvalue weighted by atomic mass is 10.1. The minimum Gasteiger partial charge on any atom is -0.497 e. The Bertz CT molecular complexity index is 1510. The molecule has 0 atom stereocenters. The van der Waals surface area contributed by atoms with E-state index in [-0.39, 0.29) is 17.4 Å². The van der Waals surface area contributed by atoms with E-state index in [9.17, 15) is 13.2 Å². The number of methoxy groups -OCH3 is 1. The molecule has 1 N–H and O–H groups in total. The van der Waals surface area contributed by atoms with Crippen molar-refractivity contribution in [3.05, 3.63) is 89.6 Å². The molecule has 4 aromatic rings. The maximum atomic E-state index is 13.3. The van der Waals surface area contributed by atoms with Gasteiger partial charge >= 0.3 is 0 Å². The Balaban J connectivity index is 1.65. The highest BCUT2D eigenvalue weighted by Crippen LogP contribution is 2.27. The molecule has 0 fully saturated rings. The van der Waals surface area contributed by atoms with Crippen molar-refractivity contribution in [1.82, 2.24) is 13.9 Å². The van der Waals surface area contributed by atoms with E-state index < -0.39 is 22.0 Å². The summed E-state index contributed by atoms with van der Waals surface area (Å²) in [6, 6.07) is 20.6. The molecule has 1 amide bonds. The van der Waals surface area contributed by atoms with Crippen molar-refractivity contribution in [2.75, 3.05) is 19.0 Å². The van der Waals surface area contributed by atoms with Crippen molar-refractivity contribution in [2.24, 2.45) is 0 Å². The third-order valence-electron chi connectivity index (χ3n) is 5.95. The molecule has 0 aliphatic heterocycles. The van der Waals surface area contributed by atoms with Gasteiger partial charge in [0.05, 0.1) is 24.2 Å². The summed E-state index contributed by atoms with van der Waals surface area (Å²) in [5.74, 6) is 0.477. The number of hydrogen-bond acceptors (Lipinski definition) is 5. The molecule has 1 aromatic heterocycles. The minimum atomic E-state index is -3.94. The molecule has 0 spiro atoms. The number of nitrogens with one attached hydrogen (secondary N) is 1. The molecule has 0 saturated heterocycles. The number of aryl methyl sites for hydroxylation is 1. The second-order valence-electron chi connectivity index (χ2n) is 9.03. The number of ether oxygens (including phenoxy) is 1. The van der Waals surface area contributed by atoms with Crippen LogP contribution in [0.2, 0.25) is 5.02 Å². The number of nitrogens with zero attached hydrogens (tertiary/aromatic N) is 3. The van der Waals surface area contributed by atoms with Gasteiger partial charge in [-0.3, -0.25) is 14.7 Å². The zero-order valence-electron chi connectivity index (χ0n) is 21.6. The summed E-state index contributed by atoms with van der Waals surface area (Å²) in [4.78, 5) is 17.9. The third-order valence-corrected chi connectivity index (χ3v) is 8.24. The normalized spacial score (nSPS) is 11.7. The second kappa shape index (κ2) is 11.4. The molecular weight excluding hydrogens is 524 g/mol. The fourth-order valence-corrected chi connectivity index (χ4v) is 5.58. The van der Waals surface area contributed by atoms with Crippen LogP contribution in [0.25, 0.3) is 16.9 Å². The fourth-order valence-electron chi connectivity index (χ4n) is 3.86. The first-order valence-electron chi connectivity index (χ1n) is 12.0. The Labute approximate surface area is 227 Å². The van der Waals surface area contributed by atoms with Gasteiger partial charge in [-0.25, -0.2) is 13.4 Å². The first-order valence-corrected chi connectivity index (χ1v) is 13.8. The van der Waals surface area contributed by atoms with Crippen LogP contribution in [0, 0.1) is 6.92 Å². The van der Waals surface area contributed by atoms with Crippen LogP contribution < -0.4 is 10.1 Å². The average Bonchev–Trinajstić information content (AvgIpc) is 3.31. The third kappa shape index (κ3) is 6.07. The number of rotatable bonds is 9. The largest absolute Gasteiger partial charge is 0.497 e. The van der Waals surface area contributed by atoms with Crippen LogP contribution in [0.3, 0.4) is 0 Å². The highest BCUT2D eigenvalue weighted by Gasteiger charge is 2.29. The standard InChI is InChI=1S/C28H29ClN4O4S/c1-19(2)33(38(35,36)25-15-9-22(29)10-16-25)18-27(34)31-28-30-26(21-7-13-24(37-4)14-8-21)17-32(28)23-11-5-20(3)6-12-23/h5-17,19H,18H2,1-4H3,(H,30,31,34). The van der Waals surface area contributed by atoms with E-state index in [1.54, 1.807) is 25.5 Å². The Kier molecular flexibility index (Phi) is 8.20. The van der Waals surface area contributed by atoms with E-state index in [0.29, 0.717) is 10.7 Å². The van der Waals surface area contributed by atoms with Crippen LogP contribution in [0.15, 0.2) is 83.9 Å². The number of halogens is 1. The van der Waals surface area contributed by atoms with Gasteiger partial charge in [-0.2, -0.15) is 4.31 Å². The van der Waals surface area contributed by atoms with Gasteiger partial charge in [0.25, 0.3) is 0 Å². The Morgan fingerprint density at radius 2 is 1.66 bits per heavy atom. The summed E-state index contributed by atoms with van der Waals surface area (Å²) < 4.78 is 34.8. The van der Waals surface area contributed by atoms with Gasteiger partial charge < -0.3 is 4.74 Å². The first kappa shape index (κ1) is 27.4. The molecule has 0 unspecified atom stereocenters. The number of anilines is 1. The summed E-state index contributed by atoms with van der Waals surface area (Å²) in [7, 11) is -2.34. The van der Waals surface area contributed by atoms with Gasteiger partial charge in [0.1, 0.15) is 5.75 Å². The van der Waals surface area contributed by atoms with Gasteiger partial charge in [0, 0.05) is 28.5 Å². The van der Waals surface area contributed by atoms with Gasteiger partial charge in [-0.05, 0) is 81.4 Å². The smallest absolute Gasteiger partial charge is 0.243 e. The zero-order chi connectivity index (χ0) is 27.4. The molecule has 0 saturated carbocycles. The summed E-state index contributed by atoms with van der Waals surface area (Å²) in [6.45, 7) is 5.04. The van der Waals surface area contributed by atoms with Gasteiger partial charge in [0.15, 0.2) is 0 Å². The number of benzene rings is 3. The fraction of sp³-hybridized carbons (Fsp3) is 0.214. The number of hydrogen-bond donors (Lipinski definition) is 1. The molecule has 0 aliphatic rings. The van der Waals surface area contributed by atoms with Crippen molar-refractivity contribution in [3.8, 4) is 22.7 Å². The van der Waals surface area contributed by atoms with E-state index >= 15 is 0 Å². The van der Waals surface area contributed by atoms with Gasteiger partial charge in [-0.15, -0.1) is 0 Å². The van der Waals surface area contributed by atoms with Gasteiger partial charge in [-0.1, -0.05) is 29.3 Å². The number of sulfonamides is 1. The molecule has 0 bridgehead atoms. The average molecular weight is 553 g/mol. The molecule has 10 heteroatoms. The molecule has 38 heavy (non-hydrogen) atoms. The number of amides is 1. The van der Waals surface area contributed by atoms with Crippen molar-refractivity contribution < 1.29 is 17.9 Å². The number of imidazole rings is 1. The van der Waals surface area contributed by atoms with Crippen LogP contribution >= 0.6 is 11.6 Å². The van der Waals surface area contributed by atoms with Crippen LogP contribution in [0.4, 0.5) is 5.95 Å². The Morgan fingerprint density at radius 1 is 1.03 bits per heavy atom. The van der Waals surface area contributed by atoms with E-state index in [1.165, 1.54) is 24.3 Å². The summed E-state index contributed by atoms with van der Waals surface area (Å²) in [5.41, 5.74) is 3.36. The van der Waals surface area contributed by atoms with Crippen LogP contribution in [0.1, 0.15) is 19.4 Å². The molecule has 0 aliphatic carbocycles. The summed E-state index contributed by atoms with van der Waals surface area (Å²) in [6.07, 6.45) is 1.83. The van der Waals surface area contributed by atoms with Crippen LogP contribution in [0.5, 0.6) is 5.75 Å². The SMILES string of the molecule is COc1ccc(-c2cn(-c3ccc(C)cc3)c(NC(=O)CN(C(C)C)S(=O)(=O)c3ccc(Cl)cc3)n2)cc1. The molecule has 198 valence electrons. The minimum absolute atomic E-state index is 0.0614. The molecule has 8 nitrogen and oxygen atoms in total.